The summed E-state index contributed by atoms with van der Waals surface area (Å²) in [4.78, 5) is 12.7. The van der Waals surface area contributed by atoms with Crippen LogP contribution in [0.15, 0.2) is 0 Å². The molecule has 0 aliphatic rings. The largest absolute Gasteiger partial charge is 0.388 e. The van der Waals surface area contributed by atoms with Gasteiger partial charge in [-0.1, -0.05) is 20.8 Å². The average Bonchev–Trinajstić information content (AvgIpc) is 2.63. The van der Waals surface area contributed by atoms with Crippen molar-refractivity contribution in [1.82, 2.24) is 0 Å². The van der Waals surface area contributed by atoms with Gasteiger partial charge < -0.3 is 24.1 Å². The molecule has 31 heavy (non-hydrogen) atoms. The summed E-state index contributed by atoms with van der Waals surface area (Å²) in [6, 6.07) is 0. The van der Waals surface area contributed by atoms with Crippen LogP contribution in [0.3, 0.4) is 0 Å². The summed E-state index contributed by atoms with van der Waals surface area (Å²) in [5.41, 5.74) is -2.10. The van der Waals surface area contributed by atoms with Crippen molar-refractivity contribution in [1.29, 1.82) is 0 Å². The third-order valence-corrected chi connectivity index (χ3v) is 5.70. The van der Waals surface area contributed by atoms with E-state index in [1.807, 2.05) is 76.2 Å². The number of aliphatic hydroxyl groups is 1. The van der Waals surface area contributed by atoms with Crippen molar-refractivity contribution in [2.75, 3.05) is 26.4 Å². The first-order valence-electron chi connectivity index (χ1n) is 11.7. The van der Waals surface area contributed by atoms with E-state index in [1.54, 1.807) is 0 Å². The highest BCUT2D eigenvalue weighted by atomic mass is 16.5. The van der Waals surface area contributed by atoms with Crippen molar-refractivity contribution in [3.05, 3.63) is 0 Å². The number of hydrogen-bond acceptors (Lipinski definition) is 6. The van der Waals surface area contributed by atoms with Gasteiger partial charge in [0.1, 0.15) is 11.7 Å². The van der Waals surface area contributed by atoms with Crippen LogP contribution >= 0.6 is 0 Å². The van der Waals surface area contributed by atoms with Crippen molar-refractivity contribution in [2.45, 2.75) is 124 Å². The molecule has 0 radical (unpaired) electrons. The Hall–Kier alpha value is -0.530. The van der Waals surface area contributed by atoms with Crippen LogP contribution in [-0.2, 0) is 23.7 Å². The Balaban J connectivity index is 4.36. The van der Waals surface area contributed by atoms with Crippen LogP contribution in [0.25, 0.3) is 0 Å². The normalized spacial score (nSPS) is 14.9. The van der Waals surface area contributed by atoms with Crippen molar-refractivity contribution in [3.8, 4) is 0 Å². The Morgan fingerprint density at radius 1 is 0.806 bits per heavy atom. The van der Waals surface area contributed by atoms with E-state index >= 15 is 0 Å². The monoisotopic (exact) mass is 446 g/mol. The van der Waals surface area contributed by atoms with Crippen LogP contribution in [0.2, 0.25) is 0 Å². The lowest BCUT2D eigenvalue weighted by molar-refractivity contribution is -0.153. The predicted octanol–water partition coefficient (Wildman–Crippen LogP) is 4.94. The molecular weight excluding hydrogens is 396 g/mol. The smallest absolute Gasteiger partial charge is 0.169 e. The number of Topliss-reactive ketones (excluding diaryl/α,β-unsaturated/α-hetero) is 1. The summed E-state index contributed by atoms with van der Waals surface area (Å²) < 4.78 is 23.3. The Kier molecular flexibility index (Phi) is 12.4. The van der Waals surface area contributed by atoms with Gasteiger partial charge >= 0.3 is 0 Å². The molecule has 186 valence electrons. The van der Waals surface area contributed by atoms with E-state index in [-0.39, 0.29) is 30.7 Å². The molecule has 0 bridgehead atoms. The molecular formula is C25H50O6. The fourth-order valence-corrected chi connectivity index (χ4v) is 2.97. The second-order valence-corrected chi connectivity index (χ2v) is 11.1. The first-order chi connectivity index (χ1) is 13.9. The molecule has 0 heterocycles. The third kappa shape index (κ3) is 12.9. The minimum atomic E-state index is -0.839. The van der Waals surface area contributed by atoms with Crippen LogP contribution < -0.4 is 0 Å². The van der Waals surface area contributed by atoms with Gasteiger partial charge in [0.15, 0.2) is 5.78 Å². The number of hydrogen-bond donors (Lipinski definition) is 1. The van der Waals surface area contributed by atoms with Gasteiger partial charge in [-0.2, -0.15) is 0 Å². The molecule has 1 atom stereocenters. The van der Waals surface area contributed by atoms with Crippen LogP contribution in [0.4, 0.5) is 0 Å². The molecule has 0 rings (SSSR count). The molecule has 0 aromatic heterocycles. The van der Waals surface area contributed by atoms with Crippen molar-refractivity contribution < 1.29 is 28.8 Å². The highest BCUT2D eigenvalue weighted by Gasteiger charge is 2.39. The number of carbonyl (C=O) groups is 1. The van der Waals surface area contributed by atoms with Gasteiger partial charge in [-0.3, -0.25) is 4.79 Å². The molecule has 0 saturated carbocycles. The van der Waals surface area contributed by atoms with Gasteiger partial charge in [0.25, 0.3) is 0 Å². The topological polar surface area (TPSA) is 74.2 Å². The second-order valence-electron chi connectivity index (χ2n) is 11.1. The Labute approximate surface area is 191 Å². The van der Waals surface area contributed by atoms with E-state index in [4.69, 9.17) is 18.9 Å². The van der Waals surface area contributed by atoms with E-state index in [0.717, 1.165) is 12.8 Å². The highest BCUT2D eigenvalue weighted by molar-refractivity contribution is 5.91. The summed E-state index contributed by atoms with van der Waals surface area (Å²) >= 11 is 0. The zero-order valence-corrected chi connectivity index (χ0v) is 22.1. The maximum absolute atomic E-state index is 12.7. The SMILES string of the molecule is CCC(C)(C)C(=O)C(C)(C)OCCC(C)(C)OCC(O)COC(C)(C)CCOC(C)C. The number of rotatable bonds is 17. The Bertz CT molecular complexity index is 522. The van der Waals surface area contributed by atoms with E-state index in [0.29, 0.717) is 19.6 Å². The molecule has 0 aliphatic carbocycles. The molecule has 1 N–H and O–H groups in total. The second kappa shape index (κ2) is 12.6. The summed E-state index contributed by atoms with van der Waals surface area (Å²) in [5, 5.41) is 10.3. The van der Waals surface area contributed by atoms with Crippen molar-refractivity contribution in [3.63, 3.8) is 0 Å². The number of carbonyl (C=O) groups excluding carboxylic acids is 1. The molecule has 0 fully saturated rings. The molecule has 0 aromatic rings. The number of aliphatic hydroxyl groups excluding tert-OH is 1. The maximum atomic E-state index is 12.7. The first kappa shape index (κ1) is 30.5. The van der Waals surface area contributed by atoms with Crippen LogP contribution in [0.5, 0.6) is 0 Å². The van der Waals surface area contributed by atoms with Crippen LogP contribution in [0, 0.1) is 5.41 Å². The number of ether oxygens (including phenoxy) is 4. The summed E-state index contributed by atoms with van der Waals surface area (Å²) in [6.07, 6.45) is 1.62. The zero-order valence-electron chi connectivity index (χ0n) is 22.1. The summed E-state index contributed by atoms with van der Waals surface area (Å²) in [5.74, 6) is 0.107. The van der Waals surface area contributed by atoms with Gasteiger partial charge in [0.05, 0.1) is 37.1 Å². The summed E-state index contributed by atoms with van der Waals surface area (Å²) in [6.45, 7) is 22.9. The molecule has 0 aliphatic heterocycles. The van der Waals surface area contributed by atoms with Crippen LogP contribution in [-0.4, -0.2) is 66.3 Å². The number of ketones is 1. The Morgan fingerprint density at radius 3 is 1.68 bits per heavy atom. The lowest BCUT2D eigenvalue weighted by Crippen LogP contribution is -2.44. The van der Waals surface area contributed by atoms with E-state index < -0.39 is 22.7 Å². The fraction of sp³-hybridized carbons (Fsp3) is 0.960. The molecule has 1 unspecified atom stereocenters. The highest BCUT2D eigenvalue weighted by Crippen LogP contribution is 2.29. The van der Waals surface area contributed by atoms with Gasteiger partial charge in [0.2, 0.25) is 0 Å². The molecule has 0 amide bonds. The zero-order chi connectivity index (χ0) is 24.5. The summed E-state index contributed by atoms with van der Waals surface area (Å²) in [7, 11) is 0. The molecule has 6 heteroatoms. The van der Waals surface area contributed by atoms with Crippen LogP contribution in [0.1, 0.15) is 95.4 Å². The lowest BCUT2D eigenvalue weighted by Gasteiger charge is -2.34. The minimum absolute atomic E-state index is 0.107. The molecule has 0 spiro atoms. The third-order valence-electron chi connectivity index (χ3n) is 5.70. The lowest BCUT2D eigenvalue weighted by atomic mass is 9.78. The van der Waals surface area contributed by atoms with Gasteiger partial charge in [-0.25, -0.2) is 0 Å². The van der Waals surface area contributed by atoms with Gasteiger partial charge in [-0.05, 0) is 74.7 Å². The molecule has 0 aromatic carbocycles. The quantitative estimate of drug-likeness (QED) is 0.341. The average molecular weight is 447 g/mol. The van der Waals surface area contributed by atoms with Gasteiger partial charge in [0, 0.05) is 12.0 Å². The minimum Gasteiger partial charge on any atom is -0.388 e. The van der Waals surface area contributed by atoms with E-state index in [9.17, 15) is 9.90 Å². The first-order valence-corrected chi connectivity index (χ1v) is 11.7. The van der Waals surface area contributed by atoms with E-state index in [2.05, 4.69) is 0 Å². The van der Waals surface area contributed by atoms with Gasteiger partial charge in [-0.15, -0.1) is 0 Å². The fourth-order valence-electron chi connectivity index (χ4n) is 2.97. The van der Waals surface area contributed by atoms with Crippen molar-refractivity contribution >= 4 is 5.78 Å². The van der Waals surface area contributed by atoms with Crippen molar-refractivity contribution in [2.24, 2.45) is 5.41 Å². The molecule has 6 nitrogen and oxygen atoms in total. The standard InChI is InChI=1S/C25H50O6/c1-12-22(4,5)21(27)25(10,11)29-16-14-24(8,9)31-18-20(26)17-30-23(6,7)13-15-28-19(2)3/h19-20,26H,12-18H2,1-11H3. The molecule has 0 saturated heterocycles. The van der Waals surface area contributed by atoms with E-state index in [1.165, 1.54) is 0 Å². The predicted molar refractivity (Wildman–Crippen MR) is 126 cm³/mol. The Morgan fingerprint density at radius 2 is 1.26 bits per heavy atom. The maximum Gasteiger partial charge on any atom is 0.169 e.